The molecule has 0 radical (unpaired) electrons. The molecule has 0 aliphatic rings. The quantitative estimate of drug-likeness (QED) is 0.767. The molecule has 0 fully saturated rings. The van der Waals surface area contributed by atoms with Gasteiger partial charge in [-0.15, -0.1) is 0 Å². The van der Waals surface area contributed by atoms with Crippen molar-refractivity contribution in [2.75, 3.05) is 11.1 Å². The van der Waals surface area contributed by atoms with Gasteiger partial charge in [-0.3, -0.25) is 0 Å². The predicted octanol–water partition coefficient (Wildman–Crippen LogP) is 4.99. The Hall–Kier alpha value is -1.88. The molecule has 0 amide bonds. The predicted molar refractivity (Wildman–Crippen MR) is 75.3 cm³/mol. The van der Waals surface area contributed by atoms with E-state index in [9.17, 15) is 13.2 Å². The number of alkyl halides is 3. The Morgan fingerprint density at radius 1 is 1.10 bits per heavy atom. The molecule has 2 nitrogen and oxygen atoms in total. The highest BCUT2D eigenvalue weighted by atomic mass is 35.5. The Morgan fingerprint density at radius 2 is 1.80 bits per heavy atom. The van der Waals surface area contributed by atoms with Crippen LogP contribution in [0.2, 0.25) is 5.02 Å². The third kappa shape index (κ3) is 3.17. The molecule has 0 saturated heterocycles. The summed E-state index contributed by atoms with van der Waals surface area (Å²) < 4.78 is 38.0. The molecule has 0 bridgehead atoms. The second-order valence-electron chi connectivity index (χ2n) is 4.39. The van der Waals surface area contributed by atoms with E-state index in [1.807, 2.05) is 6.92 Å². The zero-order chi connectivity index (χ0) is 14.9. The number of rotatable bonds is 2. The van der Waals surface area contributed by atoms with E-state index in [1.54, 1.807) is 18.2 Å². The average molecular weight is 301 g/mol. The second-order valence-corrected chi connectivity index (χ2v) is 4.80. The van der Waals surface area contributed by atoms with Crippen LogP contribution in [0.3, 0.4) is 0 Å². The van der Waals surface area contributed by atoms with E-state index in [2.05, 4.69) is 5.32 Å². The molecule has 0 aromatic heterocycles. The summed E-state index contributed by atoms with van der Waals surface area (Å²) in [6.07, 6.45) is -4.41. The van der Waals surface area contributed by atoms with Gasteiger partial charge in [0, 0.05) is 11.4 Å². The Labute approximate surface area is 119 Å². The summed E-state index contributed by atoms with van der Waals surface area (Å²) in [7, 11) is 0. The van der Waals surface area contributed by atoms with Crippen molar-refractivity contribution in [2.45, 2.75) is 13.1 Å². The van der Waals surface area contributed by atoms with Gasteiger partial charge in [0.05, 0.1) is 16.3 Å². The molecule has 2 rings (SSSR count). The third-order valence-corrected chi connectivity index (χ3v) is 3.18. The standard InChI is InChI=1S/C14H12ClF3N2/c1-8-2-4-10(7-12(8)19)20-13-6-9(14(16,17)18)3-5-11(13)15/h2-7,20H,19H2,1H3. The number of aryl methyl sites for hydroxylation is 1. The van der Waals surface area contributed by atoms with E-state index in [0.29, 0.717) is 11.4 Å². The normalized spacial score (nSPS) is 11.4. The minimum atomic E-state index is -4.41. The number of hydrogen-bond acceptors (Lipinski definition) is 2. The lowest BCUT2D eigenvalue weighted by Crippen LogP contribution is -2.05. The lowest BCUT2D eigenvalue weighted by molar-refractivity contribution is -0.137. The summed E-state index contributed by atoms with van der Waals surface area (Å²) in [5.74, 6) is 0. The van der Waals surface area contributed by atoms with Crippen molar-refractivity contribution < 1.29 is 13.2 Å². The van der Waals surface area contributed by atoms with Crippen LogP contribution in [-0.2, 0) is 6.18 Å². The zero-order valence-corrected chi connectivity index (χ0v) is 11.3. The van der Waals surface area contributed by atoms with Crippen LogP contribution in [0, 0.1) is 6.92 Å². The van der Waals surface area contributed by atoms with Crippen LogP contribution in [0.15, 0.2) is 36.4 Å². The molecule has 6 heteroatoms. The van der Waals surface area contributed by atoms with Crippen molar-refractivity contribution >= 4 is 28.7 Å². The number of anilines is 3. The highest BCUT2D eigenvalue weighted by Crippen LogP contribution is 2.35. The van der Waals surface area contributed by atoms with E-state index in [1.165, 1.54) is 6.07 Å². The number of nitrogen functional groups attached to an aromatic ring is 1. The van der Waals surface area contributed by atoms with E-state index >= 15 is 0 Å². The van der Waals surface area contributed by atoms with Crippen molar-refractivity contribution in [3.63, 3.8) is 0 Å². The molecule has 0 spiro atoms. The number of hydrogen-bond donors (Lipinski definition) is 2. The maximum atomic E-state index is 12.7. The lowest BCUT2D eigenvalue weighted by Gasteiger charge is -2.13. The maximum absolute atomic E-state index is 12.7. The Balaban J connectivity index is 2.35. The summed E-state index contributed by atoms with van der Waals surface area (Å²) in [5.41, 5.74) is 7.21. The van der Waals surface area contributed by atoms with Gasteiger partial charge in [0.15, 0.2) is 0 Å². The van der Waals surface area contributed by atoms with E-state index < -0.39 is 11.7 Å². The molecule has 0 unspecified atom stereocenters. The molecule has 2 aromatic carbocycles. The van der Waals surface area contributed by atoms with Crippen molar-refractivity contribution in [1.82, 2.24) is 0 Å². The van der Waals surface area contributed by atoms with Gasteiger partial charge >= 0.3 is 6.18 Å². The lowest BCUT2D eigenvalue weighted by atomic mass is 10.1. The topological polar surface area (TPSA) is 38.0 Å². The van der Waals surface area contributed by atoms with Crippen LogP contribution in [0.25, 0.3) is 0 Å². The summed E-state index contributed by atoms with van der Waals surface area (Å²) >= 11 is 5.91. The molecular weight excluding hydrogens is 289 g/mol. The van der Waals surface area contributed by atoms with E-state index in [0.717, 1.165) is 17.7 Å². The first-order valence-electron chi connectivity index (χ1n) is 5.77. The number of benzene rings is 2. The van der Waals surface area contributed by atoms with Gasteiger partial charge in [0.1, 0.15) is 0 Å². The molecule has 0 atom stereocenters. The maximum Gasteiger partial charge on any atom is 0.416 e. The number of nitrogens with one attached hydrogen (secondary N) is 1. The molecule has 0 aliphatic heterocycles. The zero-order valence-electron chi connectivity index (χ0n) is 10.6. The Morgan fingerprint density at radius 3 is 2.40 bits per heavy atom. The van der Waals surface area contributed by atoms with Crippen molar-refractivity contribution in [3.05, 3.63) is 52.5 Å². The van der Waals surface area contributed by atoms with Crippen molar-refractivity contribution in [1.29, 1.82) is 0 Å². The van der Waals surface area contributed by atoms with Crippen LogP contribution in [0.4, 0.5) is 30.2 Å². The van der Waals surface area contributed by atoms with Gasteiger partial charge in [-0.1, -0.05) is 17.7 Å². The van der Waals surface area contributed by atoms with Crippen molar-refractivity contribution in [2.24, 2.45) is 0 Å². The minimum absolute atomic E-state index is 0.185. The fraction of sp³-hybridized carbons (Fsp3) is 0.143. The van der Waals surface area contributed by atoms with Crippen LogP contribution >= 0.6 is 11.6 Å². The van der Waals surface area contributed by atoms with Crippen molar-refractivity contribution in [3.8, 4) is 0 Å². The highest BCUT2D eigenvalue weighted by Gasteiger charge is 2.30. The van der Waals surface area contributed by atoms with Gasteiger partial charge in [0.25, 0.3) is 0 Å². The fourth-order valence-electron chi connectivity index (χ4n) is 1.67. The fourth-order valence-corrected chi connectivity index (χ4v) is 1.84. The van der Waals surface area contributed by atoms with Crippen LogP contribution in [0.5, 0.6) is 0 Å². The summed E-state index contributed by atoms with van der Waals surface area (Å²) in [5, 5.41) is 3.05. The molecular formula is C14H12ClF3N2. The molecule has 2 aromatic rings. The Bertz CT molecular complexity index is 639. The third-order valence-electron chi connectivity index (χ3n) is 2.85. The van der Waals surface area contributed by atoms with Gasteiger partial charge in [0.2, 0.25) is 0 Å². The van der Waals surface area contributed by atoms with Crippen LogP contribution in [0.1, 0.15) is 11.1 Å². The Kier molecular flexibility index (Phi) is 3.81. The summed E-state index contributed by atoms with van der Waals surface area (Å²) in [4.78, 5) is 0. The SMILES string of the molecule is Cc1ccc(Nc2cc(C(F)(F)F)ccc2Cl)cc1N. The monoisotopic (exact) mass is 300 g/mol. The molecule has 3 N–H and O–H groups in total. The van der Waals surface area contributed by atoms with Crippen LogP contribution < -0.4 is 11.1 Å². The molecule has 20 heavy (non-hydrogen) atoms. The number of halogens is 4. The summed E-state index contributed by atoms with van der Waals surface area (Å²) in [6, 6.07) is 8.27. The first-order valence-corrected chi connectivity index (χ1v) is 6.15. The van der Waals surface area contributed by atoms with Gasteiger partial charge in [-0.05, 0) is 42.8 Å². The molecule has 106 valence electrons. The minimum Gasteiger partial charge on any atom is -0.398 e. The summed E-state index contributed by atoms with van der Waals surface area (Å²) in [6.45, 7) is 1.84. The molecule has 0 heterocycles. The van der Waals surface area contributed by atoms with E-state index in [-0.39, 0.29) is 10.7 Å². The molecule has 0 saturated carbocycles. The first kappa shape index (κ1) is 14.5. The molecule has 0 aliphatic carbocycles. The highest BCUT2D eigenvalue weighted by molar-refractivity contribution is 6.33. The number of nitrogens with two attached hydrogens (primary N) is 1. The van der Waals surface area contributed by atoms with Gasteiger partial charge < -0.3 is 11.1 Å². The van der Waals surface area contributed by atoms with Crippen LogP contribution in [-0.4, -0.2) is 0 Å². The average Bonchev–Trinajstić information content (AvgIpc) is 2.35. The first-order chi connectivity index (χ1) is 9.27. The van der Waals surface area contributed by atoms with E-state index in [4.69, 9.17) is 17.3 Å². The smallest absolute Gasteiger partial charge is 0.398 e. The van der Waals surface area contributed by atoms with Gasteiger partial charge in [-0.25, -0.2) is 0 Å². The second kappa shape index (κ2) is 5.25. The van der Waals surface area contributed by atoms with Gasteiger partial charge in [-0.2, -0.15) is 13.2 Å². The largest absolute Gasteiger partial charge is 0.416 e.